The van der Waals surface area contributed by atoms with Crippen molar-refractivity contribution in [2.75, 3.05) is 0 Å². The second kappa shape index (κ2) is 7.09. The van der Waals surface area contributed by atoms with Gasteiger partial charge in [-0.05, 0) is 36.5 Å². The van der Waals surface area contributed by atoms with E-state index in [9.17, 15) is 4.39 Å². The number of halogens is 1. The quantitative estimate of drug-likeness (QED) is 0.677. The van der Waals surface area contributed by atoms with Gasteiger partial charge in [-0.25, -0.2) is 4.39 Å². The van der Waals surface area contributed by atoms with Crippen LogP contribution in [0.4, 0.5) is 4.39 Å². The van der Waals surface area contributed by atoms with Gasteiger partial charge in [0.05, 0.1) is 6.04 Å². The second-order valence-electron chi connectivity index (χ2n) is 6.79. The van der Waals surface area contributed by atoms with Crippen molar-refractivity contribution in [1.82, 2.24) is 19.3 Å². The zero-order valence-electron chi connectivity index (χ0n) is 14.6. The Morgan fingerprint density at radius 2 is 1.85 bits per heavy atom. The molecule has 134 valence electrons. The molecule has 7 heteroatoms. The molecule has 1 saturated carbocycles. The van der Waals surface area contributed by atoms with E-state index in [-0.39, 0.29) is 5.82 Å². The van der Waals surface area contributed by atoms with Gasteiger partial charge in [-0.15, -0.1) is 5.10 Å². The van der Waals surface area contributed by atoms with Crippen molar-refractivity contribution in [3.05, 3.63) is 64.9 Å². The molecule has 1 aromatic carbocycles. The van der Waals surface area contributed by atoms with Crippen LogP contribution in [0.15, 0.2) is 48.8 Å². The summed E-state index contributed by atoms with van der Waals surface area (Å²) in [6.07, 6.45) is 5.95. The molecule has 1 unspecified atom stereocenters. The molecule has 1 aliphatic rings. The van der Waals surface area contributed by atoms with Crippen molar-refractivity contribution in [2.45, 2.75) is 32.1 Å². The van der Waals surface area contributed by atoms with Gasteiger partial charge in [0.1, 0.15) is 12.4 Å². The van der Waals surface area contributed by atoms with Gasteiger partial charge in [0.2, 0.25) is 4.77 Å². The molecule has 1 N–H and O–H groups in total. The molecule has 1 atom stereocenters. The van der Waals surface area contributed by atoms with Gasteiger partial charge in [-0.1, -0.05) is 12.1 Å². The summed E-state index contributed by atoms with van der Waals surface area (Å²) in [5.41, 5.74) is 2.13. The van der Waals surface area contributed by atoms with E-state index in [4.69, 9.17) is 17.3 Å². The fraction of sp³-hybridized carbons (Fsp3) is 0.316. The summed E-state index contributed by atoms with van der Waals surface area (Å²) in [5, 5.41) is 4.75. The minimum Gasteiger partial charge on any atom is -0.310 e. The van der Waals surface area contributed by atoms with Crippen LogP contribution in [0.2, 0.25) is 0 Å². The Balaban J connectivity index is 1.58. The van der Waals surface area contributed by atoms with Crippen LogP contribution in [0, 0.1) is 10.6 Å². The summed E-state index contributed by atoms with van der Waals surface area (Å²) >= 11 is 5.61. The van der Waals surface area contributed by atoms with Crippen LogP contribution in [-0.2, 0) is 20.3 Å². The third-order valence-electron chi connectivity index (χ3n) is 4.83. The van der Waals surface area contributed by atoms with Gasteiger partial charge in [-0.3, -0.25) is 4.98 Å². The van der Waals surface area contributed by atoms with E-state index in [1.54, 1.807) is 12.4 Å². The van der Waals surface area contributed by atoms with Crippen molar-refractivity contribution < 1.29 is 9.29 Å². The molecule has 26 heavy (non-hydrogen) atoms. The first-order chi connectivity index (χ1) is 12.6. The first-order valence-corrected chi connectivity index (χ1v) is 9.16. The molecular weight excluding hydrogens is 349 g/mol. The molecule has 0 saturated heterocycles. The van der Waals surface area contributed by atoms with Crippen LogP contribution < -0.4 is 4.90 Å². The average Bonchev–Trinajstić information content (AvgIpc) is 3.47. The lowest BCUT2D eigenvalue weighted by molar-refractivity contribution is -0.947. The maximum atomic E-state index is 13.2. The van der Waals surface area contributed by atoms with E-state index in [2.05, 4.69) is 4.98 Å². The lowest BCUT2D eigenvalue weighted by atomic mass is 10.2. The highest BCUT2D eigenvalue weighted by atomic mass is 32.1. The molecule has 0 bridgehead atoms. The third-order valence-corrected chi connectivity index (χ3v) is 5.32. The van der Waals surface area contributed by atoms with Crippen LogP contribution in [0.25, 0.3) is 11.4 Å². The molecular formula is C19H21FN5S+. The van der Waals surface area contributed by atoms with E-state index in [1.165, 1.54) is 29.9 Å². The number of aromatic nitrogens is 4. The maximum Gasteiger partial charge on any atom is 0.202 e. The largest absolute Gasteiger partial charge is 0.310 e. The molecule has 0 radical (unpaired) electrons. The van der Waals surface area contributed by atoms with Crippen LogP contribution >= 0.6 is 12.2 Å². The number of pyridine rings is 1. The van der Waals surface area contributed by atoms with Gasteiger partial charge in [0, 0.05) is 43.4 Å². The molecule has 2 aromatic heterocycles. The summed E-state index contributed by atoms with van der Waals surface area (Å²) in [6.45, 7) is 1.55. The average molecular weight is 370 g/mol. The summed E-state index contributed by atoms with van der Waals surface area (Å²) in [4.78, 5) is 5.47. The normalized spacial score (nSPS) is 15.2. The molecule has 1 fully saturated rings. The number of hydrogen-bond acceptors (Lipinski definition) is 3. The fourth-order valence-corrected chi connectivity index (χ4v) is 3.41. The summed E-state index contributed by atoms with van der Waals surface area (Å²) in [6, 6.07) is 11.3. The molecule has 3 aromatic rings. The first-order valence-electron chi connectivity index (χ1n) is 8.75. The highest BCUT2D eigenvalue weighted by Crippen LogP contribution is 2.18. The molecule has 4 rings (SSSR count). The Morgan fingerprint density at radius 3 is 2.50 bits per heavy atom. The lowest BCUT2D eigenvalue weighted by Crippen LogP contribution is -3.11. The van der Waals surface area contributed by atoms with Crippen molar-refractivity contribution in [3.63, 3.8) is 0 Å². The monoisotopic (exact) mass is 370 g/mol. The van der Waals surface area contributed by atoms with Crippen LogP contribution in [-0.4, -0.2) is 25.4 Å². The molecule has 2 heterocycles. The van der Waals surface area contributed by atoms with Crippen molar-refractivity contribution >= 4 is 12.2 Å². The Bertz CT molecular complexity index is 944. The SMILES string of the molecule is Cn1c(-c2ccncc2)nn(C[NH+](Cc2ccc(F)cc2)C2CC2)c1=S. The van der Waals surface area contributed by atoms with Gasteiger partial charge in [0.15, 0.2) is 12.5 Å². The predicted octanol–water partition coefficient (Wildman–Crippen LogP) is 2.36. The zero-order chi connectivity index (χ0) is 18.1. The molecule has 5 nitrogen and oxygen atoms in total. The third kappa shape index (κ3) is 3.59. The van der Waals surface area contributed by atoms with Crippen molar-refractivity contribution in [2.24, 2.45) is 7.05 Å². The number of nitrogens with one attached hydrogen (secondary N) is 1. The number of nitrogens with zero attached hydrogens (tertiary/aromatic N) is 4. The zero-order valence-corrected chi connectivity index (χ0v) is 15.4. The Labute approximate surface area is 156 Å². The molecule has 0 amide bonds. The van der Waals surface area contributed by atoms with E-state index < -0.39 is 0 Å². The highest BCUT2D eigenvalue weighted by molar-refractivity contribution is 7.71. The molecule has 0 spiro atoms. The predicted molar refractivity (Wildman–Crippen MR) is 99.4 cm³/mol. The number of rotatable bonds is 6. The minimum absolute atomic E-state index is 0.198. The highest BCUT2D eigenvalue weighted by Gasteiger charge is 2.34. The van der Waals surface area contributed by atoms with Gasteiger partial charge in [-0.2, -0.15) is 4.68 Å². The lowest BCUT2D eigenvalue weighted by Gasteiger charge is -2.19. The van der Waals surface area contributed by atoms with Gasteiger partial charge < -0.3 is 9.47 Å². The van der Waals surface area contributed by atoms with Crippen LogP contribution in [0.3, 0.4) is 0 Å². The Kier molecular flexibility index (Phi) is 4.65. The van der Waals surface area contributed by atoms with E-state index in [0.717, 1.165) is 23.5 Å². The van der Waals surface area contributed by atoms with Crippen molar-refractivity contribution in [3.8, 4) is 11.4 Å². The van der Waals surface area contributed by atoms with E-state index in [1.807, 2.05) is 40.6 Å². The number of quaternary nitrogens is 1. The van der Waals surface area contributed by atoms with E-state index in [0.29, 0.717) is 17.5 Å². The molecule has 0 aliphatic heterocycles. The van der Waals surface area contributed by atoms with Crippen LogP contribution in [0.5, 0.6) is 0 Å². The molecule has 1 aliphatic carbocycles. The topological polar surface area (TPSA) is 40.1 Å². The van der Waals surface area contributed by atoms with Gasteiger partial charge >= 0.3 is 0 Å². The summed E-state index contributed by atoms with van der Waals surface area (Å²) in [5.74, 6) is 0.644. The van der Waals surface area contributed by atoms with Gasteiger partial charge in [0.25, 0.3) is 0 Å². The smallest absolute Gasteiger partial charge is 0.202 e. The first kappa shape index (κ1) is 17.1. The van der Waals surface area contributed by atoms with Crippen LogP contribution in [0.1, 0.15) is 18.4 Å². The minimum atomic E-state index is -0.198. The Morgan fingerprint density at radius 1 is 1.15 bits per heavy atom. The number of hydrogen-bond donors (Lipinski definition) is 1. The second-order valence-corrected chi connectivity index (χ2v) is 7.16. The van der Waals surface area contributed by atoms with Crippen molar-refractivity contribution in [1.29, 1.82) is 0 Å². The fourth-order valence-electron chi connectivity index (χ4n) is 3.22. The summed E-state index contributed by atoms with van der Waals surface area (Å²) < 4.78 is 17.7. The Hall–Kier alpha value is -2.38. The summed E-state index contributed by atoms with van der Waals surface area (Å²) in [7, 11) is 1.94. The van der Waals surface area contributed by atoms with E-state index >= 15 is 0 Å². The number of benzene rings is 1. The maximum absolute atomic E-state index is 13.2. The standard InChI is InChI=1S/C19H20FN5S/c1-23-18(15-8-10-21-11-9-15)22-25(19(23)26)13-24(17-6-7-17)12-14-2-4-16(20)5-3-14/h2-5,8-11,17H,6-7,12-13H2,1H3/p+1.